The molecule has 0 N–H and O–H groups in total. The highest BCUT2D eigenvalue weighted by molar-refractivity contribution is 6.03. The third-order valence-corrected chi connectivity index (χ3v) is 6.82. The van der Waals surface area contributed by atoms with Crippen molar-refractivity contribution in [2.75, 3.05) is 0 Å². The first-order valence-electron chi connectivity index (χ1n) is 11.7. The Labute approximate surface area is 199 Å². The van der Waals surface area contributed by atoms with Crippen molar-refractivity contribution in [3.63, 3.8) is 0 Å². The van der Waals surface area contributed by atoms with E-state index in [4.69, 9.17) is 13.8 Å². The zero-order chi connectivity index (χ0) is 23.6. The number of furan rings is 2. The number of pyridine rings is 1. The first kappa shape index (κ1) is 20.7. The maximum atomic E-state index is 6.45. The van der Waals surface area contributed by atoms with E-state index in [1.165, 1.54) is 16.3 Å². The molecular weight excluding hydrogens is 418 g/mol. The summed E-state index contributed by atoms with van der Waals surface area (Å²) < 4.78 is 12.4. The average Bonchev–Trinajstić information content (AvgIpc) is 3.37. The van der Waals surface area contributed by atoms with Crippen LogP contribution in [-0.4, -0.2) is 4.98 Å². The number of aromatic nitrogens is 1. The molecule has 3 aromatic heterocycles. The predicted molar refractivity (Wildman–Crippen MR) is 140 cm³/mol. The Morgan fingerprint density at radius 1 is 0.853 bits per heavy atom. The molecule has 168 valence electrons. The molecule has 3 heteroatoms. The largest absolute Gasteiger partial charge is 0.463 e. The van der Waals surface area contributed by atoms with Gasteiger partial charge in [-0.1, -0.05) is 57.2 Å². The van der Waals surface area contributed by atoms with Crippen molar-refractivity contribution in [2.45, 2.75) is 40.0 Å². The number of nitrogens with zero attached hydrogens (tertiary/aromatic N) is 1. The van der Waals surface area contributed by atoms with Crippen LogP contribution >= 0.6 is 0 Å². The molecular formula is C31H27NO2. The van der Waals surface area contributed by atoms with Crippen molar-refractivity contribution >= 4 is 32.7 Å². The monoisotopic (exact) mass is 445 g/mol. The number of aryl methyl sites for hydroxylation is 2. The Balaban J connectivity index is 1.63. The van der Waals surface area contributed by atoms with Gasteiger partial charge in [-0.25, -0.2) is 0 Å². The van der Waals surface area contributed by atoms with Gasteiger partial charge in [0.15, 0.2) is 0 Å². The van der Waals surface area contributed by atoms with Gasteiger partial charge < -0.3 is 8.83 Å². The van der Waals surface area contributed by atoms with E-state index in [-0.39, 0.29) is 5.41 Å². The molecule has 0 spiro atoms. The number of para-hydroxylation sites is 1. The van der Waals surface area contributed by atoms with Crippen LogP contribution in [0.2, 0.25) is 0 Å². The number of hydrogen-bond acceptors (Lipinski definition) is 3. The van der Waals surface area contributed by atoms with Gasteiger partial charge in [0.1, 0.15) is 16.9 Å². The van der Waals surface area contributed by atoms with Gasteiger partial charge in [0.2, 0.25) is 0 Å². The Morgan fingerprint density at radius 2 is 1.65 bits per heavy atom. The number of hydrogen-bond donors (Lipinski definition) is 0. The van der Waals surface area contributed by atoms with Gasteiger partial charge in [0.25, 0.3) is 0 Å². The molecule has 0 saturated heterocycles. The summed E-state index contributed by atoms with van der Waals surface area (Å²) in [4.78, 5) is 4.86. The first-order valence-corrected chi connectivity index (χ1v) is 11.7. The highest BCUT2D eigenvalue weighted by atomic mass is 16.3. The molecule has 0 aliphatic heterocycles. The van der Waals surface area contributed by atoms with Crippen molar-refractivity contribution in [3.8, 4) is 22.6 Å². The Kier molecular flexibility index (Phi) is 4.47. The highest BCUT2D eigenvalue weighted by Crippen LogP contribution is 2.42. The van der Waals surface area contributed by atoms with Crippen LogP contribution in [-0.2, 0) is 5.41 Å². The zero-order valence-electron chi connectivity index (χ0n) is 20.2. The van der Waals surface area contributed by atoms with Crippen molar-refractivity contribution in [2.24, 2.45) is 0 Å². The molecule has 6 rings (SSSR count). The van der Waals surface area contributed by atoms with Gasteiger partial charge in [-0.05, 0) is 65.4 Å². The van der Waals surface area contributed by atoms with E-state index in [1.54, 1.807) is 0 Å². The van der Waals surface area contributed by atoms with Crippen LogP contribution in [0.3, 0.4) is 0 Å². The summed E-state index contributed by atoms with van der Waals surface area (Å²) in [5.74, 6) is 0.834. The van der Waals surface area contributed by atoms with E-state index in [1.807, 2.05) is 18.5 Å². The van der Waals surface area contributed by atoms with Crippen LogP contribution in [0.25, 0.3) is 55.3 Å². The molecule has 0 fully saturated rings. The van der Waals surface area contributed by atoms with E-state index in [9.17, 15) is 0 Å². The predicted octanol–water partition coefficient (Wildman–Crippen LogP) is 8.98. The molecule has 0 amide bonds. The average molecular weight is 446 g/mol. The number of benzene rings is 3. The molecule has 0 bridgehead atoms. The van der Waals surface area contributed by atoms with Crippen molar-refractivity contribution in [1.29, 1.82) is 0 Å². The summed E-state index contributed by atoms with van der Waals surface area (Å²) >= 11 is 0. The molecule has 3 nitrogen and oxygen atoms in total. The molecule has 34 heavy (non-hydrogen) atoms. The van der Waals surface area contributed by atoms with Crippen LogP contribution in [0.4, 0.5) is 0 Å². The number of fused-ring (bicyclic) bond motifs is 3. The van der Waals surface area contributed by atoms with Crippen LogP contribution in [0, 0.1) is 13.8 Å². The Hall–Kier alpha value is -3.85. The lowest BCUT2D eigenvalue weighted by Gasteiger charge is -2.22. The maximum absolute atomic E-state index is 6.45. The minimum absolute atomic E-state index is 0.00685. The third kappa shape index (κ3) is 3.07. The molecule has 6 aromatic rings. The maximum Gasteiger partial charge on any atom is 0.145 e. The molecule has 0 saturated carbocycles. The quantitative estimate of drug-likeness (QED) is 0.267. The summed E-state index contributed by atoms with van der Waals surface area (Å²) in [5, 5.41) is 4.67. The molecule has 0 aliphatic rings. The van der Waals surface area contributed by atoms with Crippen molar-refractivity contribution < 1.29 is 8.83 Å². The zero-order valence-corrected chi connectivity index (χ0v) is 20.2. The fourth-order valence-corrected chi connectivity index (χ4v) is 5.10. The van der Waals surface area contributed by atoms with Crippen LogP contribution in [0.15, 0.2) is 82.0 Å². The molecule has 0 radical (unpaired) electrons. The lowest BCUT2D eigenvalue weighted by molar-refractivity contribution is 0.596. The molecule has 0 atom stereocenters. The third-order valence-electron chi connectivity index (χ3n) is 6.82. The van der Waals surface area contributed by atoms with E-state index in [0.717, 1.165) is 55.6 Å². The standard InChI is InChI=1S/C31H27NO2/c1-18-17-33-30-22(18)11-8-12-24(30)29-19(2)27-26(34-29)13-14-32-28(27)21-15-20-9-6-7-10-23(20)25(16-21)31(3,4)5/h6-17H,1-5H3. The fraction of sp³-hybridized carbons (Fsp3) is 0.194. The van der Waals surface area contributed by atoms with Gasteiger partial charge in [-0.3, -0.25) is 4.98 Å². The molecule has 0 aliphatic carbocycles. The topological polar surface area (TPSA) is 39.2 Å². The second-order valence-corrected chi connectivity index (χ2v) is 10.2. The van der Waals surface area contributed by atoms with Gasteiger partial charge in [0.05, 0.1) is 22.9 Å². The van der Waals surface area contributed by atoms with Crippen LogP contribution < -0.4 is 0 Å². The summed E-state index contributed by atoms with van der Waals surface area (Å²) in [6, 6.07) is 21.3. The second kappa shape index (κ2) is 7.33. The first-order chi connectivity index (χ1) is 16.3. The minimum Gasteiger partial charge on any atom is -0.463 e. The van der Waals surface area contributed by atoms with E-state index in [2.05, 4.69) is 89.2 Å². The van der Waals surface area contributed by atoms with Gasteiger partial charge >= 0.3 is 0 Å². The summed E-state index contributed by atoms with van der Waals surface area (Å²) in [7, 11) is 0. The van der Waals surface area contributed by atoms with Crippen molar-refractivity contribution in [3.05, 3.63) is 89.8 Å². The SMILES string of the molecule is Cc1coc2c(-c3oc4ccnc(-c5cc(C(C)(C)C)c6ccccc6c5)c4c3C)cccc12. The van der Waals surface area contributed by atoms with Gasteiger partial charge in [-0.2, -0.15) is 0 Å². The summed E-state index contributed by atoms with van der Waals surface area (Å²) in [6.07, 6.45) is 3.65. The normalized spacial score (nSPS) is 12.3. The number of rotatable bonds is 2. The molecule has 3 aromatic carbocycles. The van der Waals surface area contributed by atoms with Crippen molar-refractivity contribution in [1.82, 2.24) is 4.98 Å². The minimum atomic E-state index is 0.00685. The molecule has 0 unspecified atom stereocenters. The Morgan fingerprint density at radius 3 is 2.47 bits per heavy atom. The van der Waals surface area contributed by atoms with Gasteiger partial charge in [0, 0.05) is 22.7 Å². The summed E-state index contributed by atoms with van der Waals surface area (Å²) in [6.45, 7) is 11.0. The van der Waals surface area contributed by atoms with Crippen LogP contribution in [0.5, 0.6) is 0 Å². The Bertz CT molecular complexity index is 1710. The lowest BCUT2D eigenvalue weighted by Crippen LogP contribution is -2.12. The van der Waals surface area contributed by atoms with E-state index >= 15 is 0 Å². The van der Waals surface area contributed by atoms with E-state index in [0.29, 0.717) is 0 Å². The highest BCUT2D eigenvalue weighted by Gasteiger charge is 2.23. The smallest absolute Gasteiger partial charge is 0.145 e. The van der Waals surface area contributed by atoms with Crippen LogP contribution in [0.1, 0.15) is 37.5 Å². The fourth-order valence-electron chi connectivity index (χ4n) is 5.10. The van der Waals surface area contributed by atoms with E-state index < -0.39 is 0 Å². The molecule has 3 heterocycles. The second-order valence-electron chi connectivity index (χ2n) is 10.2. The lowest BCUT2D eigenvalue weighted by atomic mass is 9.82. The summed E-state index contributed by atoms with van der Waals surface area (Å²) in [5.41, 5.74) is 8.24. The van der Waals surface area contributed by atoms with Gasteiger partial charge in [-0.15, -0.1) is 0 Å².